The van der Waals surface area contributed by atoms with Gasteiger partial charge < -0.3 is 10.2 Å². The van der Waals surface area contributed by atoms with Crippen molar-refractivity contribution in [3.8, 4) is 0 Å². The van der Waals surface area contributed by atoms with E-state index in [2.05, 4.69) is 24.1 Å². The predicted octanol–water partition coefficient (Wildman–Crippen LogP) is 3.52. The summed E-state index contributed by atoms with van der Waals surface area (Å²) in [5.74, 6) is 1.15. The molecule has 0 atom stereocenters. The molecule has 1 aromatic rings. The number of alkyl halides is 3. The van der Waals surface area contributed by atoms with Crippen LogP contribution in [0.2, 0.25) is 0 Å². The molecule has 0 aliphatic heterocycles. The molecule has 0 aliphatic rings. The normalized spacial score (nSPS) is 12.0. The summed E-state index contributed by atoms with van der Waals surface area (Å²) in [6, 6.07) is 3.70. The van der Waals surface area contributed by atoms with Crippen LogP contribution in [-0.2, 0) is 6.54 Å². The summed E-state index contributed by atoms with van der Waals surface area (Å²) in [4.78, 5) is 5.92. The quantitative estimate of drug-likeness (QED) is 0.835. The number of halogens is 3. The molecule has 0 aliphatic carbocycles. The molecule has 3 nitrogen and oxygen atoms in total. The smallest absolute Gasteiger partial charge is 0.359 e. The molecule has 0 aromatic carbocycles. The first-order valence-corrected chi connectivity index (χ1v) is 7.14. The van der Waals surface area contributed by atoms with Crippen molar-refractivity contribution >= 4 is 5.82 Å². The van der Waals surface area contributed by atoms with E-state index >= 15 is 0 Å². The Bertz CT molecular complexity index is 444. The van der Waals surface area contributed by atoms with E-state index in [-0.39, 0.29) is 6.54 Å². The van der Waals surface area contributed by atoms with Gasteiger partial charge in [0.1, 0.15) is 5.82 Å². The van der Waals surface area contributed by atoms with Crippen LogP contribution in [0.15, 0.2) is 12.1 Å². The number of rotatable bonds is 7. The van der Waals surface area contributed by atoms with Crippen molar-refractivity contribution in [2.75, 3.05) is 25.0 Å². The van der Waals surface area contributed by atoms with E-state index < -0.39 is 12.6 Å². The first kappa shape index (κ1) is 17.8. The van der Waals surface area contributed by atoms with Crippen molar-refractivity contribution in [3.63, 3.8) is 0 Å². The number of nitrogens with one attached hydrogen (secondary N) is 1. The fourth-order valence-electron chi connectivity index (χ4n) is 1.88. The molecule has 0 saturated carbocycles. The van der Waals surface area contributed by atoms with Gasteiger partial charge in [0.05, 0.1) is 6.42 Å². The Kier molecular flexibility index (Phi) is 6.45. The van der Waals surface area contributed by atoms with Crippen molar-refractivity contribution in [1.82, 2.24) is 10.3 Å². The van der Waals surface area contributed by atoms with Gasteiger partial charge in [-0.1, -0.05) is 19.9 Å². The van der Waals surface area contributed by atoms with Crippen LogP contribution in [0.4, 0.5) is 19.0 Å². The molecule has 6 heteroatoms. The molecule has 0 amide bonds. The molecule has 0 bridgehead atoms. The average Bonchev–Trinajstić information content (AvgIpc) is 2.36. The molecule has 0 spiro atoms. The minimum atomic E-state index is -4.13. The van der Waals surface area contributed by atoms with Crippen LogP contribution in [-0.4, -0.2) is 31.3 Å². The van der Waals surface area contributed by atoms with Gasteiger partial charge in [-0.25, -0.2) is 4.98 Å². The molecular weight excluding hydrogens is 279 g/mol. The topological polar surface area (TPSA) is 28.2 Å². The van der Waals surface area contributed by atoms with Crippen molar-refractivity contribution in [2.24, 2.45) is 5.92 Å². The molecule has 120 valence electrons. The zero-order chi connectivity index (χ0) is 16.0. The minimum absolute atomic E-state index is 0.0825. The number of aryl methyl sites for hydroxylation is 1. The summed E-state index contributed by atoms with van der Waals surface area (Å²) in [6.45, 7) is 7.72. The lowest BCUT2D eigenvalue weighted by Gasteiger charge is -2.20. The third-order valence-corrected chi connectivity index (χ3v) is 3.17. The number of nitrogens with zero attached hydrogens (tertiary/aromatic N) is 2. The summed E-state index contributed by atoms with van der Waals surface area (Å²) in [6.07, 6.45) is -4.97. The van der Waals surface area contributed by atoms with Crippen LogP contribution in [0.3, 0.4) is 0 Å². The van der Waals surface area contributed by atoms with E-state index in [1.54, 1.807) is 13.1 Å². The maximum Gasteiger partial charge on any atom is 0.390 e. The van der Waals surface area contributed by atoms with E-state index in [4.69, 9.17) is 0 Å². The number of hydrogen-bond acceptors (Lipinski definition) is 3. The zero-order valence-electron chi connectivity index (χ0n) is 13.1. The highest BCUT2D eigenvalue weighted by Crippen LogP contribution is 2.21. The summed E-state index contributed by atoms with van der Waals surface area (Å²) in [5.41, 5.74) is 1.92. The first-order chi connectivity index (χ1) is 9.69. The molecule has 0 fully saturated rings. The number of aromatic nitrogens is 1. The highest BCUT2D eigenvalue weighted by molar-refractivity contribution is 5.40. The summed E-state index contributed by atoms with van der Waals surface area (Å²) >= 11 is 0. The lowest BCUT2D eigenvalue weighted by atomic mass is 10.2. The predicted molar refractivity (Wildman–Crippen MR) is 79.5 cm³/mol. The second-order valence-electron chi connectivity index (χ2n) is 5.73. The van der Waals surface area contributed by atoms with Gasteiger partial charge in [0.15, 0.2) is 0 Å². The van der Waals surface area contributed by atoms with Crippen molar-refractivity contribution in [3.05, 3.63) is 23.4 Å². The van der Waals surface area contributed by atoms with Gasteiger partial charge in [-0.2, -0.15) is 13.2 Å². The SMILES string of the molecule is Cc1nc(N(C)CCC(F)(F)F)ccc1CNCC(C)C. The lowest BCUT2D eigenvalue weighted by Crippen LogP contribution is -2.25. The molecule has 0 radical (unpaired) electrons. The summed E-state index contributed by atoms with van der Waals surface area (Å²) in [5, 5.41) is 3.33. The largest absolute Gasteiger partial charge is 0.390 e. The maximum absolute atomic E-state index is 12.2. The average molecular weight is 303 g/mol. The van der Waals surface area contributed by atoms with E-state index in [0.717, 1.165) is 24.3 Å². The Morgan fingerprint density at radius 1 is 1.29 bits per heavy atom. The molecule has 1 N–H and O–H groups in total. The minimum Gasteiger partial charge on any atom is -0.359 e. The Hall–Kier alpha value is -1.30. The number of pyridine rings is 1. The van der Waals surface area contributed by atoms with Crippen LogP contribution < -0.4 is 10.2 Å². The molecule has 1 aromatic heterocycles. The van der Waals surface area contributed by atoms with Crippen molar-refractivity contribution in [2.45, 2.75) is 39.9 Å². The van der Waals surface area contributed by atoms with Crippen LogP contribution in [0, 0.1) is 12.8 Å². The van der Waals surface area contributed by atoms with Gasteiger partial charge in [0.2, 0.25) is 0 Å². The standard InChI is InChI=1S/C15H24F3N3/c1-11(2)9-19-10-13-5-6-14(20-12(13)3)21(4)8-7-15(16,17)18/h5-6,11,19H,7-10H2,1-4H3. The highest BCUT2D eigenvalue weighted by atomic mass is 19.4. The highest BCUT2D eigenvalue weighted by Gasteiger charge is 2.27. The summed E-state index contributed by atoms with van der Waals surface area (Å²) < 4.78 is 36.7. The Morgan fingerprint density at radius 2 is 1.95 bits per heavy atom. The van der Waals surface area contributed by atoms with Gasteiger partial charge in [0, 0.05) is 25.8 Å². The van der Waals surface area contributed by atoms with Gasteiger partial charge in [-0.3, -0.25) is 0 Å². The first-order valence-electron chi connectivity index (χ1n) is 7.14. The van der Waals surface area contributed by atoms with E-state index in [1.807, 2.05) is 13.0 Å². The fourth-order valence-corrected chi connectivity index (χ4v) is 1.88. The molecule has 1 rings (SSSR count). The molecule has 0 unspecified atom stereocenters. The Labute approximate surface area is 124 Å². The molecule has 21 heavy (non-hydrogen) atoms. The molecular formula is C15H24F3N3. The molecule has 1 heterocycles. The second-order valence-corrected chi connectivity index (χ2v) is 5.73. The second kappa shape index (κ2) is 7.64. The van der Waals surface area contributed by atoms with E-state index in [9.17, 15) is 13.2 Å². The fraction of sp³-hybridized carbons (Fsp3) is 0.667. The zero-order valence-corrected chi connectivity index (χ0v) is 13.1. The van der Waals surface area contributed by atoms with Crippen LogP contribution in [0.1, 0.15) is 31.5 Å². The van der Waals surface area contributed by atoms with Gasteiger partial charge in [0.25, 0.3) is 0 Å². The third-order valence-electron chi connectivity index (χ3n) is 3.17. The van der Waals surface area contributed by atoms with Crippen LogP contribution in [0.25, 0.3) is 0 Å². The van der Waals surface area contributed by atoms with E-state index in [0.29, 0.717) is 11.7 Å². The Morgan fingerprint density at radius 3 is 2.48 bits per heavy atom. The van der Waals surface area contributed by atoms with Gasteiger partial charge >= 0.3 is 6.18 Å². The number of anilines is 1. The van der Waals surface area contributed by atoms with E-state index in [1.165, 1.54) is 4.90 Å². The molecule has 0 saturated heterocycles. The van der Waals surface area contributed by atoms with Gasteiger partial charge in [-0.15, -0.1) is 0 Å². The Balaban J connectivity index is 2.60. The monoisotopic (exact) mass is 303 g/mol. The van der Waals surface area contributed by atoms with Crippen molar-refractivity contribution < 1.29 is 13.2 Å². The third kappa shape index (κ3) is 6.80. The van der Waals surface area contributed by atoms with Gasteiger partial charge in [-0.05, 0) is 31.0 Å². The van der Waals surface area contributed by atoms with Crippen molar-refractivity contribution in [1.29, 1.82) is 0 Å². The number of hydrogen-bond donors (Lipinski definition) is 1. The lowest BCUT2D eigenvalue weighted by molar-refractivity contribution is -0.132. The maximum atomic E-state index is 12.2. The van der Waals surface area contributed by atoms with Crippen LogP contribution in [0.5, 0.6) is 0 Å². The summed E-state index contributed by atoms with van der Waals surface area (Å²) in [7, 11) is 1.63. The van der Waals surface area contributed by atoms with Crippen LogP contribution >= 0.6 is 0 Å².